The van der Waals surface area contributed by atoms with Crippen LogP contribution in [0.5, 0.6) is 0 Å². The van der Waals surface area contributed by atoms with Crippen LogP contribution in [0.2, 0.25) is 0 Å². The van der Waals surface area contributed by atoms with Crippen LogP contribution in [-0.2, 0) is 0 Å². The fourth-order valence-electron chi connectivity index (χ4n) is 5.22. The molecule has 1 unspecified atom stereocenters. The van der Waals surface area contributed by atoms with Gasteiger partial charge >= 0.3 is 0 Å². The van der Waals surface area contributed by atoms with Crippen LogP contribution in [0.15, 0.2) is 12.3 Å². The molecule has 1 atom stereocenters. The lowest BCUT2D eigenvalue weighted by molar-refractivity contribution is 0.121. The second-order valence-electron chi connectivity index (χ2n) is 9.47. The van der Waals surface area contributed by atoms with Crippen LogP contribution < -0.4 is 10.6 Å². The van der Waals surface area contributed by atoms with E-state index in [9.17, 15) is 5.11 Å². The topological polar surface area (TPSA) is 74.5 Å². The molecule has 1 aliphatic heterocycles. The summed E-state index contributed by atoms with van der Waals surface area (Å²) in [6.45, 7) is 6.64. The van der Waals surface area contributed by atoms with E-state index in [0.29, 0.717) is 17.9 Å². The summed E-state index contributed by atoms with van der Waals surface area (Å²) in [4.78, 5) is 4.70. The van der Waals surface area contributed by atoms with Gasteiger partial charge in [-0.25, -0.2) is 9.50 Å². The number of fused-ring (bicyclic) bond motifs is 1. The number of unbranched alkanes of at least 4 members (excludes halogenated alkanes) is 2. The van der Waals surface area contributed by atoms with Gasteiger partial charge in [0, 0.05) is 17.7 Å². The largest absolute Gasteiger partial charge is 0.393 e. The summed E-state index contributed by atoms with van der Waals surface area (Å²) in [5, 5.41) is 22.0. The lowest BCUT2D eigenvalue weighted by atomic mass is 9.84. The van der Waals surface area contributed by atoms with E-state index >= 15 is 0 Å². The summed E-state index contributed by atoms with van der Waals surface area (Å²) in [6.07, 6.45) is 13.0. The molecule has 1 saturated carbocycles. The van der Waals surface area contributed by atoms with E-state index in [2.05, 4.69) is 35.1 Å². The van der Waals surface area contributed by atoms with Gasteiger partial charge < -0.3 is 15.7 Å². The highest BCUT2D eigenvalue weighted by atomic mass is 35.5. The molecule has 31 heavy (non-hydrogen) atoms. The third-order valence-corrected chi connectivity index (χ3v) is 7.09. The highest BCUT2D eigenvalue weighted by Gasteiger charge is 2.27. The molecule has 0 aromatic carbocycles. The molecule has 6 nitrogen and oxygen atoms in total. The predicted octanol–water partition coefficient (Wildman–Crippen LogP) is 5.02. The fraction of sp³-hybridized carbons (Fsp3) is 0.750. The third kappa shape index (κ3) is 5.91. The first-order valence-electron chi connectivity index (χ1n) is 12.2. The average Bonchev–Trinajstić information content (AvgIpc) is 3.14. The van der Waals surface area contributed by atoms with E-state index in [4.69, 9.17) is 10.1 Å². The number of aliphatic hydroxyl groups excluding tert-OH is 1. The zero-order valence-electron chi connectivity index (χ0n) is 19.1. The molecule has 1 saturated heterocycles. The number of hydrogen-bond acceptors (Lipinski definition) is 5. The molecular formula is C24H40ClN5O. The van der Waals surface area contributed by atoms with Crippen molar-refractivity contribution >= 4 is 23.9 Å². The van der Waals surface area contributed by atoms with Gasteiger partial charge in [-0.1, -0.05) is 26.2 Å². The van der Waals surface area contributed by atoms with Crippen molar-refractivity contribution in [2.24, 2.45) is 0 Å². The van der Waals surface area contributed by atoms with Crippen molar-refractivity contribution in [2.45, 2.75) is 102 Å². The van der Waals surface area contributed by atoms with E-state index < -0.39 is 0 Å². The van der Waals surface area contributed by atoms with Gasteiger partial charge in [-0.15, -0.1) is 17.5 Å². The number of rotatable bonds is 8. The maximum atomic E-state index is 9.98. The summed E-state index contributed by atoms with van der Waals surface area (Å²) < 4.78 is 2.17. The Morgan fingerprint density at radius 1 is 1.13 bits per heavy atom. The number of aliphatic hydroxyl groups is 1. The van der Waals surface area contributed by atoms with Gasteiger partial charge in [0.1, 0.15) is 0 Å². The van der Waals surface area contributed by atoms with E-state index in [1.165, 1.54) is 48.9 Å². The molecule has 174 valence electrons. The van der Waals surface area contributed by atoms with Gasteiger partial charge in [-0.2, -0.15) is 0 Å². The van der Waals surface area contributed by atoms with Crippen molar-refractivity contribution in [1.82, 2.24) is 19.9 Å². The number of hydrogen-bond donors (Lipinski definition) is 3. The number of anilines is 1. The minimum atomic E-state index is -0.132. The smallest absolute Gasteiger partial charge is 0.241 e. The van der Waals surface area contributed by atoms with Crippen LogP contribution in [0, 0.1) is 0 Å². The number of halogens is 1. The van der Waals surface area contributed by atoms with Crippen molar-refractivity contribution in [3.8, 4) is 0 Å². The molecule has 2 aliphatic rings. The van der Waals surface area contributed by atoms with E-state index in [1.54, 1.807) is 0 Å². The molecule has 4 rings (SSSR count). The standard InChI is InChI=1S/C24H39N5O.ClH/c1-3-4-5-6-17(2)27-24-26-16-23-21(18-11-13-25-14-12-18)15-22(29(23)28-24)19-7-9-20(30)10-8-19;/h15-20,25,30H,3-14H2,1-2H3,(H,27,28);1H. The van der Waals surface area contributed by atoms with E-state index in [0.717, 1.165) is 51.1 Å². The maximum absolute atomic E-state index is 9.98. The van der Waals surface area contributed by atoms with Crippen molar-refractivity contribution in [3.05, 3.63) is 23.5 Å². The molecule has 3 heterocycles. The van der Waals surface area contributed by atoms with E-state index in [1.807, 2.05) is 6.20 Å². The van der Waals surface area contributed by atoms with Crippen LogP contribution in [0.25, 0.3) is 5.52 Å². The van der Waals surface area contributed by atoms with Gasteiger partial charge in [0.05, 0.1) is 17.8 Å². The zero-order valence-corrected chi connectivity index (χ0v) is 20.0. The summed E-state index contributed by atoms with van der Waals surface area (Å²) in [6, 6.07) is 2.79. The van der Waals surface area contributed by atoms with Crippen LogP contribution in [-0.4, -0.2) is 44.9 Å². The quantitative estimate of drug-likeness (QED) is 0.493. The lowest BCUT2D eigenvalue weighted by Gasteiger charge is -2.25. The van der Waals surface area contributed by atoms with Gasteiger partial charge in [0.25, 0.3) is 0 Å². The number of nitrogens with zero attached hydrogens (tertiary/aromatic N) is 3. The second kappa shape index (κ2) is 11.5. The van der Waals surface area contributed by atoms with Gasteiger partial charge in [-0.3, -0.25) is 0 Å². The Kier molecular flexibility index (Phi) is 8.99. The van der Waals surface area contributed by atoms with Crippen LogP contribution in [0.4, 0.5) is 5.95 Å². The highest BCUT2D eigenvalue weighted by molar-refractivity contribution is 5.85. The normalized spacial score (nSPS) is 23.5. The van der Waals surface area contributed by atoms with Crippen LogP contribution >= 0.6 is 12.4 Å². The molecule has 2 fully saturated rings. The minimum Gasteiger partial charge on any atom is -0.393 e. The second-order valence-corrected chi connectivity index (χ2v) is 9.47. The van der Waals surface area contributed by atoms with Crippen molar-refractivity contribution < 1.29 is 5.11 Å². The number of nitrogens with one attached hydrogen (secondary N) is 2. The highest BCUT2D eigenvalue weighted by Crippen LogP contribution is 2.38. The molecule has 2 aromatic rings. The van der Waals surface area contributed by atoms with Gasteiger partial charge in [0.15, 0.2) is 0 Å². The Morgan fingerprint density at radius 2 is 1.87 bits per heavy atom. The zero-order chi connectivity index (χ0) is 20.9. The average molecular weight is 450 g/mol. The molecule has 3 N–H and O–H groups in total. The minimum absolute atomic E-state index is 0. The molecular weight excluding hydrogens is 410 g/mol. The first kappa shape index (κ1) is 24.3. The molecule has 0 radical (unpaired) electrons. The first-order chi connectivity index (χ1) is 14.7. The summed E-state index contributed by atoms with van der Waals surface area (Å²) >= 11 is 0. The summed E-state index contributed by atoms with van der Waals surface area (Å²) in [7, 11) is 0. The van der Waals surface area contributed by atoms with Crippen molar-refractivity contribution in [3.63, 3.8) is 0 Å². The monoisotopic (exact) mass is 449 g/mol. The summed E-state index contributed by atoms with van der Waals surface area (Å²) in [5.74, 6) is 1.79. The third-order valence-electron chi connectivity index (χ3n) is 7.09. The van der Waals surface area contributed by atoms with Gasteiger partial charge in [-0.05, 0) is 82.5 Å². The van der Waals surface area contributed by atoms with Gasteiger partial charge in [0.2, 0.25) is 5.95 Å². The lowest BCUT2D eigenvalue weighted by Crippen LogP contribution is -2.26. The predicted molar refractivity (Wildman–Crippen MR) is 130 cm³/mol. The Bertz CT molecular complexity index is 812. The van der Waals surface area contributed by atoms with Crippen LogP contribution in [0.1, 0.15) is 101 Å². The number of aromatic nitrogens is 3. The molecule has 1 aliphatic carbocycles. The molecule has 0 bridgehead atoms. The molecule has 0 amide bonds. The first-order valence-corrected chi connectivity index (χ1v) is 12.2. The maximum Gasteiger partial charge on any atom is 0.241 e. The van der Waals surface area contributed by atoms with Crippen LogP contribution in [0.3, 0.4) is 0 Å². The summed E-state index contributed by atoms with van der Waals surface area (Å²) in [5.41, 5.74) is 3.90. The fourth-order valence-corrected chi connectivity index (χ4v) is 5.22. The Hall–Kier alpha value is -1.37. The SMILES string of the molecule is CCCCCC(C)Nc1ncc2c(C3CCNCC3)cc(C3CCC(O)CC3)n2n1.Cl. The molecule has 7 heteroatoms. The molecule has 2 aromatic heterocycles. The van der Waals surface area contributed by atoms with Crippen molar-refractivity contribution in [2.75, 3.05) is 18.4 Å². The Morgan fingerprint density at radius 3 is 2.58 bits per heavy atom. The number of piperidine rings is 1. The molecule has 0 spiro atoms. The van der Waals surface area contributed by atoms with E-state index in [-0.39, 0.29) is 18.5 Å². The van der Waals surface area contributed by atoms with Crippen molar-refractivity contribution in [1.29, 1.82) is 0 Å². The Balaban J connectivity index is 0.00000272. The Labute approximate surface area is 193 Å².